The van der Waals surface area contributed by atoms with Crippen LogP contribution in [0.15, 0.2) is 46.9 Å². The highest BCUT2D eigenvalue weighted by atomic mass is 79.9. The van der Waals surface area contributed by atoms with E-state index in [0.717, 1.165) is 12.0 Å². The van der Waals surface area contributed by atoms with E-state index >= 15 is 0 Å². The topological polar surface area (TPSA) is 64.6 Å². The van der Waals surface area contributed by atoms with Gasteiger partial charge in [-0.05, 0) is 36.2 Å². The van der Waals surface area contributed by atoms with Gasteiger partial charge in [0.2, 0.25) is 0 Å². The molecular formula is C18H18BrNO4. The van der Waals surface area contributed by atoms with Gasteiger partial charge in [-0.25, -0.2) is 4.79 Å². The molecule has 0 heterocycles. The summed E-state index contributed by atoms with van der Waals surface area (Å²) >= 11 is 3.29. The molecule has 2 aromatic carbocycles. The zero-order valence-electron chi connectivity index (χ0n) is 13.5. The first-order chi connectivity index (χ1) is 11.5. The number of esters is 1. The Labute approximate surface area is 149 Å². The molecule has 0 radical (unpaired) electrons. The number of rotatable bonds is 6. The van der Waals surface area contributed by atoms with Crippen molar-refractivity contribution in [1.82, 2.24) is 0 Å². The molecule has 0 atom stereocenters. The van der Waals surface area contributed by atoms with E-state index in [1.165, 1.54) is 7.11 Å². The number of nitrogens with one attached hydrogen (secondary N) is 1. The van der Waals surface area contributed by atoms with E-state index in [4.69, 9.17) is 9.47 Å². The third-order valence-electron chi connectivity index (χ3n) is 3.37. The minimum absolute atomic E-state index is 0.145. The summed E-state index contributed by atoms with van der Waals surface area (Å²) in [6.07, 6.45) is 0.816. The van der Waals surface area contributed by atoms with Crippen LogP contribution in [0.4, 0.5) is 5.69 Å². The van der Waals surface area contributed by atoms with Gasteiger partial charge in [0.15, 0.2) is 6.61 Å². The quantitative estimate of drug-likeness (QED) is 0.760. The van der Waals surface area contributed by atoms with Gasteiger partial charge in [0.25, 0.3) is 5.91 Å². The Bertz CT molecular complexity index is 746. The van der Waals surface area contributed by atoms with Gasteiger partial charge in [0.1, 0.15) is 5.75 Å². The van der Waals surface area contributed by atoms with Crippen molar-refractivity contribution >= 4 is 33.5 Å². The molecule has 6 heteroatoms. The van der Waals surface area contributed by atoms with Crippen LogP contribution in [0.3, 0.4) is 0 Å². The van der Waals surface area contributed by atoms with Crippen LogP contribution < -0.4 is 10.1 Å². The van der Waals surface area contributed by atoms with Gasteiger partial charge < -0.3 is 14.8 Å². The highest BCUT2D eigenvalue weighted by Crippen LogP contribution is 2.22. The average molecular weight is 392 g/mol. The maximum absolute atomic E-state index is 12.1. The lowest BCUT2D eigenvalue weighted by Crippen LogP contribution is -2.22. The first-order valence-electron chi connectivity index (χ1n) is 7.43. The summed E-state index contributed by atoms with van der Waals surface area (Å²) in [5.41, 5.74) is 1.68. The van der Waals surface area contributed by atoms with Crippen LogP contribution in [0, 0.1) is 0 Å². The van der Waals surface area contributed by atoms with Crippen LogP contribution in [0.25, 0.3) is 0 Å². The molecule has 1 amide bonds. The molecule has 0 unspecified atom stereocenters. The molecule has 0 saturated heterocycles. The molecule has 0 saturated carbocycles. The summed E-state index contributed by atoms with van der Waals surface area (Å²) in [4.78, 5) is 23.9. The van der Waals surface area contributed by atoms with Crippen molar-refractivity contribution < 1.29 is 19.1 Å². The molecule has 0 spiro atoms. The fourth-order valence-electron chi connectivity index (χ4n) is 2.17. The van der Waals surface area contributed by atoms with E-state index in [9.17, 15) is 9.59 Å². The summed E-state index contributed by atoms with van der Waals surface area (Å²) < 4.78 is 11.0. The second-order valence-electron chi connectivity index (χ2n) is 4.98. The minimum Gasteiger partial charge on any atom is -0.483 e. The van der Waals surface area contributed by atoms with E-state index in [-0.39, 0.29) is 18.1 Å². The maximum Gasteiger partial charge on any atom is 0.340 e. The highest BCUT2D eigenvalue weighted by molar-refractivity contribution is 9.10. The zero-order valence-corrected chi connectivity index (χ0v) is 15.1. The number of halogens is 1. The number of anilines is 1. The lowest BCUT2D eigenvalue weighted by molar-refractivity contribution is -0.118. The Hall–Kier alpha value is -2.34. The molecule has 1 N–H and O–H groups in total. The minimum atomic E-state index is -0.524. The van der Waals surface area contributed by atoms with Crippen LogP contribution >= 0.6 is 15.9 Å². The normalized spacial score (nSPS) is 10.1. The molecule has 0 bridgehead atoms. The second kappa shape index (κ2) is 8.49. The molecule has 5 nitrogen and oxygen atoms in total. The van der Waals surface area contributed by atoms with Gasteiger partial charge in [-0.15, -0.1) is 0 Å². The number of carbonyl (C=O) groups is 2. The molecule has 0 aliphatic rings. The zero-order chi connectivity index (χ0) is 17.5. The van der Waals surface area contributed by atoms with Crippen molar-refractivity contribution in [3.8, 4) is 5.75 Å². The molecular weight excluding hydrogens is 374 g/mol. The number of para-hydroxylation sites is 1. The Morgan fingerprint density at radius 2 is 1.92 bits per heavy atom. The summed E-state index contributed by atoms with van der Waals surface area (Å²) in [6.45, 7) is 1.88. The lowest BCUT2D eigenvalue weighted by Gasteiger charge is -2.12. The number of methoxy groups -OCH3 is 1. The van der Waals surface area contributed by atoms with E-state index in [1.54, 1.807) is 18.2 Å². The first kappa shape index (κ1) is 18.0. The third-order valence-corrected chi connectivity index (χ3v) is 3.87. The van der Waals surface area contributed by atoms with Gasteiger partial charge in [-0.1, -0.05) is 41.1 Å². The van der Waals surface area contributed by atoms with Crippen LogP contribution in [0.5, 0.6) is 5.75 Å². The SMILES string of the molecule is CCc1ccccc1OCC(=O)Nc1ccc(Br)cc1C(=O)OC. The number of ether oxygens (including phenoxy) is 2. The molecule has 2 rings (SSSR count). The summed E-state index contributed by atoms with van der Waals surface area (Å²) in [5.74, 6) is -0.198. The van der Waals surface area contributed by atoms with Gasteiger partial charge in [0, 0.05) is 4.47 Å². The van der Waals surface area contributed by atoms with E-state index < -0.39 is 5.97 Å². The summed E-state index contributed by atoms with van der Waals surface area (Å²) in [5, 5.41) is 2.68. The van der Waals surface area contributed by atoms with Crippen molar-refractivity contribution in [2.45, 2.75) is 13.3 Å². The van der Waals surface area contributed by atoms with Crippen molar-refractivity contribution in [3.05, 3.63) is 58.1 Å². The number of aryl methyl sites for hydroxylation is 1. The van der Waals surface area contributed by atoms with Crippen molar-refractivity contribution in [1.29, 1.82) is 0 Å². The van der Waals surface area contributed by atoms with Crippen LogP contribution in [-0.4, -0.2) is 25.6 Å². The summed E-state index contributed by atoms with van der Waals surface area (Å²) in [6, 6.07) is 12.5. The Kier molecular flexibility index (Phi) is 6.37. The van der Waals surface area contributed by atoms with Crippen LogP contribution in [0.1, 0.15) is 22.8 Å². The predicted octanol–water partition coefficient (Wildman–Crippen LogP) is 3.82. The van der Waals surface area contributed by atoms with Gasteiger partial charge in [-0.3, -0.25) is 4.79 Å². The second-order valence-corrected chi connectivity index (χ2v) is 5.90. The van der Waals surface area contributed by atoms with Gasteiger partial charge in [0.05, 0.1) is 18.4 Å². The Balaban J connectivity index is 2.06. The van der Waals surface area contributed by atoms with E-state index in [2.05, 4.69) is 21.2 Å². The predicted molar refractivity (Wildman–Crippen MR) is 95.4 cm³/mol. The Morgan fingerprint density at radius 1 is 1.17 bits per heavy atom. The standard InChI is InChI=1S/C18H18BrNO4/c1-3-12-6-4-5-7-16(12)24-11-17(21)20-15-9-8-13(19)10-14(15)18(22)23-2/h4-10H,3,11H2,1-2H3,(H,20,21). The number of hydrogen-bond donors (Lipinski definition) is 1. The van der Waals surface area contributed by atoms with Crippen molar-refractivity contribution in [3.63, 3.8) is 0 Å². The first-order valence-corrected chi connectivity index (χ1v) is 8.22. The van der Waals surface area contributed by atoms with Crippen molar-refractivity contribution in [2.24, 2.45) is 0 Å². The highest BCUT2D eigenvalue weighted by Gasteiger charge is 2.15. The molecule has 0 aliphatic heterocycles. The monoisotopic (exact) mass is 391 g/mol. The maximum atomic E-state index is 12.1. The fraction of sp³-hybridized carbons (Fsp3) is 0.222. The lowest BCUT2D eigenvalue weighted by atomic mass is 10.1. The van der Waals surface area contributed by atoms with Crippen molar-refractivity contribution in [2.75, 3.05) is 19.0 Å². The number of amides is 1. The number of carbonyl (C=O) groups excluding carboxylic acids is 2. The smallest absolute Gasteiger partial charge is 0.340 e. The molecule has 126 valence electrons. The molecule has 0 aliphatic carbocycles. The van der Waals surface area contributed by atoms with E-state index in [1.807, 2.05) is 31.2 Å². The molecule has 2 aromatic rings. The Morgan fingerprint density at radius 3 is 2.62 bits per heavy atom. The summed E-state index contributed by atoms with van der Waals surface area (Å²) in [7, 11) is 1.29. The third kappa shape index (κ3) is 4.58. The van der Waals surface area contributed by atoms with Gasteiger partial charge in [-0.2, -0.15) is 0 Å². The molecule has 0 fully saturated rings. The fourth-order valence-corrected chi connectivity index (χ4v) is 2.53. The number of hydrogen-bond acceptors (Lipinski definition) is 4. The van der Waals surface area contributed by atoms with Gasteiger partial charge >= 0.3 is 5.97 Å². The average Bonchev–Trinajstić information content (AvgIpc) is 2.61. The largest absolute Gasteiger partial charge is 0.483 e. The number of benzene rings is 2. The molecule has 24 heavy (non-hydrogen) atoms. The van der Waals surface area contributed by atoms with Crippen LogP contribution in [-0.2, 0) is 16.0 Å². The molecule has 0 aromatic heterocycles. The van der Waals surface area contributed by atoms with E-state index in [0.29, 0.717) is 15.9 Å². The van der Waals surface area contributed by atoms with Crippen LogP contribution in [0.2, 0.25) is 0 Å².